The molecule has 0 saturated heterocycles. The third-order valence-electron chi connectivity index (χ3n) is 2.86. The number of aliphatic hydroxyl groups excluding tert-OH is 1. The first-order valence-corrected chi connectivity index (χ1v) is 6.47. The molecule has 6 heteroatoms. The molecule has 0 amide bonds. The Morgan fingerprint density at radius 3 is 2.50 bits per heavy atom. The van der Waals surface area contributed by atoms with Crippen LogP contribution in [0.2, 0.25) is 0 Å². The number of unbranched alkanes of at least 4 members (excludes halogenated alkanes) is 5. The number of ether oxygens (including phenoxy) is 1. The summed E-state index contributed by atoms with van der Waals surface area (Å²) < 4.78 is 4.43. The maximum Gasteiger partial charge on any atom is 0.335 e. The predicted molar refractivity (Wildman–Crippen MR) is 68.9 cm³/mol. The number of hydrogen-bond acceptors (Lipinski definition) is 4. The number of rotatable bonds is 10. The summed E-state index contributed by atoms with van der Waals surface area (Å²) in [5, 5.41) is 13.1. The van der Waals surface area contributed by atoms with E-state index in [0.717, 1.165) is 19.3 Å². The van der Waals surface area contributed by atoms with Crippen molar-refractivity contribution in [2.45, 2.75) is 64.0 Å². The average Bonchev–Trinajstić information content (AvgIpc) is 2.39. The Bertz CT molecular complexity index is 278. The lowest BCUT2D eigenvalue weighted by atomic mass is 10.0. The topological polar surface area (TPSA) is 95.3 Å². The van der Waals surface area contributed by atoms with E-state index in [-0.39, 0.29) is 0 Å². The molecule has 2 atom stereocenters. The van der Waals surface area contributed by atoms with Crippen LogP contribution in [0.1, 0.15) is 51.9 Å². The molecule has 0 heterocycles. The van der Waals surface area contributed by atoms with E-state index in [9.17, 15) is 9.90 Å². The zero-order chi connectivity index (χ0) is 13.8. The highest BCUT2D eigenvalue weighted by Gasteiger charge is 2.25. The lowest BCUT2D eigenvalue weighted by molar-refractivity contribution is -0.151. The van der Waals surface area contributed by atoms with E-state index < -0.39 is 18.1 Å². The molecule has 2 unspecified atom stereocenters. The fourth-order valence-corrected chi connectivity index (χ4v) is 1.76. The van der Waals surface area contributed by atoms with Crippen LogP contribution in [-0.4, -0.2) is 30.3 Å². The van der Waals surface area contributed by atoms with E-state index in [2.05, 4.69) is 21.7 Å². The number of esters is 1. The fourth-order valence-electron chi connectivity index (χ4n) is 1.76. The van der Waals surface area contributed by atoms with Crippen molar-refractivity contribution in [3.63, 3.8) is 0 Å². The van der Waals surface area contributed by atoms with Crippen molar-refractivity contribution in [2.75, 3.05) is 7.11 Å². The Morgan fingerprint density at radius 2 is 1.94 bits per heavy atom. The molecule has 0 radical (unpaired) electrons. The second-order valence-corrected chi connectivity index (χ2v) is 4.30. The highest BCUT2D eigenvalue weighted by atomic mass is 16.5. The normalized spacial score (nSPS) is 13.5. The van der Waals surface area contributed by atoms with Crippen LogP contribution in [0.4, 0.5) is 0 Å². The second-order valence-electron chi connectivity index (χ2n) is 4.30. The van der Waals surface area contributed by atoms with Gasteiger partial charge in [-0.1, -0.05) is 50.6 Å². The van der Waals surface area contributed by atoms with E-state index in [0.29, 0.717) is 6.42 Å². The van der Waals surface area contributed by atoms with Gasteiger partial charge in [-0.15, -0.1) is 0 Å². The van der Waals surface area contributed by atoms with Crippen LogP contribution < -0.4 is 0 Å². The van der Waals surface area contributed by atoms with Crippen LogP contribution in [-0.2, 0) is 9.53 Å². The molecule has 0 bridgehead atoms. The van der Waals surface area contributed by atoms with Crippen molar-refractivity contribution < 1.29 is 14.6 Å². The molecule has 0 aliphatic heterocycles. The number of methoxy groups -OCH3 is 1. The number of carbonyl (C=O) groups excluding carboxylic acids is 1. The quantitative estimate of drug-likeness (QED) is 0.214. The van der Waals surface area contributed by atoms with Gasteiger partial charge >= 0.3 is 5.97 Å². The Balaban J connectivity index is 3.97. The van der Waals surface area contributed by atoms with Gasteiger partial charge in [0, 0.05) is 4.91 Å². The molecule has 0 aliphatic carbocycles. The van der Waals surface area contributed by atoms with Gasteiger partial charge in [-0.3, -0.25) is 0 Å². The van der Waals surface area contributed by atoms with Crippen LogP contribution in [0.25, 0.3) is 10.4 Å². The lowest BCUT2D eigenvalue weighted by Crippen LogP contribution is -2.33. The summed E-state index contributed by atoms with van der Waals surface area (Å²) in [7, 11) is 1.20. The molecule has 1 N–H and O–H groups in total. The van der Waals surface area contributed by atoms with Gasteiger partial charge in [0.1, 0.15) is 0 Å². The Labute approximate surface area is 108 Å². The van der Waals surface area contributed by atoms with E-state index >= 15 is 0 Å². The lowest BCUT2D eigenvalue weighted by Gasteiger charge is -2.15. The first-order valence-electron chi connectivity index (χ1n) is 6.47. The number of aliphatic hydroxyl groups is 1. The molecule has 0 fully saturated rings. The maximum absolute atomic E-state index is 11.1. The summed E-state index contributed by atoms with van der Waals surface area (Å²) in [5.41, 5.74) is 8.41. The van der Waals surface area contributed by atoms with E-state index in [1.807, 2.05) is 0 Å². The Kier molecular flexibility index (Phi) is 10.1. The summed E-state index contributed by atoms with van der Waals surface area (Å²) in [6.45, 7) is 2.16. The van der Waals surface area contributed by atoms with Crippen LogP contribution in [0.3, 0.4) is 0 Å². The second kappa shape index (κ2) is 10.9. The monoisotopic (exact) mass is 257 g/mol. The van der Waals surface area contributed by atoms with Crippen molar-refractivity contribution in [3.05, 3.63) is 10.4 Å². The molecule has 104 valence electrons. The van der Waals surface area contributed by atoms with Crippen molar-refractivity contribution in [3.8, 4) is 0 Å². The van der Waals surface area contributed by atoms with Gasteiger partial charge in [0.05, 0.1) is 13.2 Å². The molecular formula is C12H23N3O3. The van der Waals surface area contributed by atoms with Gasteiger partial charge in [-0.05, 0) is 12.0 Å². The predicted octanol–water partition coefficient (Wildman–Crippen LogP) is 2.95. The van der Waals surface area contributed by atoms with Gasteiger partial charge in [0.25, 0.3) is 0 Å². The molecule has 0 aromatic carbocycles. The van der Waals surface area contributed by atoms with Crippen molar-refractivity contribution in [1.82, 2.24) is 0 Å². The smallest absolute Gasteiger partial charge is 0.335 e. The molecule has 0 spiro atoms. The summed E-state index contributed by atoms with van der Waals surface area (Å²) in [5.74, 6) is -0.751. The van der Waals surface area contributed by atoms with Crippen LogP contribution in [0, 0.1) is 0 Å². The molecule has 0 aromatic rings. The van der Waals surface area contributed by atoms with Gasteiger partial charge in [0.15, 0.2) is 6.10 Å². The average molecular weight is 257 g/mol. The molecule has 0 rings (SSSR count). The minimum atomic E-state index is -1.36. The third-order valence-corrected chi connectivity index (χ3v) is 2.86. The van der Waals surface area contributed by atoms with Gasteiger partial charge in [0.2, 0.25) is 0 Å². The molecule has 0 aromatic heterocycles. The number of carbonyl (C=O) groups is 1. The third kappa shape index (κ3) is 7.14. The molecule has 18 heavy (non-hydrogen) atoms. The highest BCUT2D eigenvalue weighted by Crippen LogP contribution is 2.14. The Hall–Kier alpha value is -1.26. The van der Waals surface area contributed by atoms with E-state index in [1.165, 1.54) is 26.4 Å². The standard InChI is InChI=1S/C12H23N3O3/c1-3-4-5-6-7-8-9-10(14-15-13)11(16)12(17)18-2/h10-11,16H,3-9H2,1-2H3. The summed E-state index contributed by atoms with van der Waals surface area (Å²) >= 11 is 0. The van der Waals surface area contributed by atoms with Crippen molar-refractivity contribution in [1.29, 1.82) is 0 Å². The number of azide groups is 1. The minimum absolute atomic E-state index is 0.506. The largest absolute Gasteiger partial charge is 0.467 e. The number of hydrogen-bond donors (Lipinski definition) is 1. The van der Waals surface area contributed by atoms with E-state index in [1.54, 1.807) is 0 Å². The van der Waals surface area contributed by atoms with Crippen molar-refractivity contribution in [2.24, 2.45) is 5.11 Å². The molecule has 0 aliphatic rings. The first kappa shape index (κ1) is 16.7. The SMILES string of the molecule is CCCCCCCCC(N=[N+]=[N-])C(O)C(=O)OC. The summed E-state index contributed by atoms with van der Waals surface area (Å²) in [6, 6.07) is -0.728. The fraction of sp³-hybridized carbons (Fsp3) is 0.917. The minimum Gasteiger partial charge on any atom is -0.467 e. The van der Waals surface area contributed by atoms with Gasteiger partial charge < -0.3 is 9.84 Å². The zero-order valence-corrected chi connectivity index (χ0v) is 11.2. The van der Waals surface area contributed by atoms with Gasteiger partial charge in [-0.2, -0.15) is 0 Å². The van der Waals surface area contributed by atoms with E-state index in [4.69, 9.17) is 5.53 Å². The molecule has 6 nitrogen and oxygen atoms in total. The highest BCUT2D eigenvalue weighted by molar-refractivity contribution is 5.75. The molecular weight excluding hydrogens is 234 g/mol. The zero-order valence-electron chi connectivity index (χ0n) is 11.2. The summed E-state index contributed by atoms with van der Waals surface area (Å²) in [6.07, 6.45) is 5.75. The molecule has 0 saturated carbocycles. The van der Waals surface area contributed by atoms with Gasteiger partial charge in [-0.25, -0.2) is 4.79 Å². The number of nitrogens with zero attached hydrogens (tertiary/aromatic N) is 3. The first-order chi connectivity index (χ1) is 8.67. The van der Waals surface area contributed by atoms with Crippen LogP contribution in [0.15, 0.2) is 5.11 Å². The Morgan fingerprint density at radius 1 is 1.33 bits per heavy atom. The van der Waals surface area contributed by atoms with Crippen molar-refractivity contribution >= 4 is 5.97 Å². The summed E-state index contributed by atoms with van der Waals surface area (Å²) in [4.78, 5) is 13.8. The maximum atomic E-state index is 11.1. The van der Waals surface area contributed by atoms with Crippen LogP contribution in [0.5, 0.6) is 0 Å². The van der Waals surface area contributed by atoms with Crippen LogP contribution >= 0.6 is 0 Å².